The zero-order valence-electron chi connectivity index (χ0n) is 14.1. The van der Waals surface area contributed by atoms with Crippen LogP contribution in [0.1, 0.15) is 35.0 Å². The van der Waals surface area contributed by atoms with E-state index < -0.39 is 24.0 Å². The number of nitrogens with two attached hydrogens (primary N) is 1. The molecule has 6 nitrogen and oxygen atoms in total. The fraction of sp³-hybridized carbons (Fsp3) is 0.438. The maximum atomic E-state index is 14.3. The first-order chi connectivity index (χ1) is 12.5. The highest BCUT2D eigenvalue weighted by Crippen LogP contribution is 2.63. The number of carbonyl (C=O) groups excluding carboxylic acids is 1. The van der Waals surface area contributed by atoms with Gasteiger partial charge < -0.3 is 20.3 Å². The van der Waals surface area contributed by atoms with Crippen LogP contribution in [-0.4, -0.2) is 22.3 Å². The molecule has 3 rings (SSSR count). The molecule has 1 aliphatic rings. The molecule has 1 aromatic heterocycles. The van der Waals surface area contributed by atoms with Crippen molar-refractivity contribution in [1.82, 2.24) is 0 Å². The fourth-order valence-electron chi connectivity index (χ4n) is 2.93. The number of thiophene rings is 1. The second kappa shape index (κ2) is 7.08. The summed E-state index contributed by atoms with van der Waals surface area (Å²) in [5.74, 6) is 0.355. The smallest absolute Gasteiger partial charge is 0.400 e. The molecule has 1 saturated carbocycles. The first kappa shape index (κ1) is 20.7. The van der Waals surface area contributed by atoms with Crippen LogP contribution < -0.4 is 10.5 Å². The minimum absolute atomic E-state index is 0.0601. The van der Waals surface area contributed by atoms with E-state index in [1.807, 2.05) is 0 Å². The highest BCUT2D eigenvalue weighted by Gasteiger charge is 2.53. The summed E-state index contributed by atoms with van der Waals surface area (Å²) >= 11 is 3.51. The Morgan fingerprint density at radius 1 is 1.44 bits per heavy atom. The Morgan fingerprint density at radius 3 is 2.63 bits per heavy atom. The van der Waals surface area contributed by atoms with Crippen molar-refractivity contribution < 1.29 is 32.7 Å². The van der Waals surface area contributed by atoms with Crippen molar-refractivity contribution in [2.24, 2.45) is 17.6 Å². The topological polar surface area (TPSA) is 110 Å². The van der Waals surface area contributed by atoms with E-state index in [1.165, 1.54) is 12.1 Å². The largest absolute Gasteiger partial charge is 0.492 e. The van der Waals surface area contributed by atoms with Gasteiger partial charge in [-0.15, -0.1) is 11.3 Å². The van der Waals surface area contributed by atoms with Crippen molar-refractivity contribution in [3.63, 3.8) is 0 Å². The van der Waals surface area contributed by atoms with Crippen LogP contribution in [0.15, 0.2) is 16.6 Å². The number of carbonyl (C=O) groups is 1. The number of alkyl halides is 2. The lowest BCUT2D eigenvalue weighted by Gasteiger charge is -2.16. The van der Waals surface area contributed by atoms with E-state index in [1.54, 1.807) is 0 Å². The summed E-state index contributed by atoms with van der Waals surface area (Å²) in [4.78, 5) is 28.9. The average molecular weight is 484 g/mol. The molecule has 0 radical (unpaired) electrons. The van der Waals surface area contributed by atoms with E-state index in [4.69, 9.17) is 20.3 Å². The van der Waals surface area contributed by atoms with Crippen LogP contribution in [0.2, 0.25) is 0 Å². The molecule has 1 aliphatic carbocycles. The average Bonchev–Trinajstić information content (AvgIpc) is 3.26. The number of ether oxygens (including phenoxy) is 1. The summed E-state index contributed by atoms with van der Waals surface area (Å²) in [5.41, 5.74) is 1.01. The Bertz CT molecular complexity index is 960. The number of benzene rings is 1. The molecular weight excluding hydrogens is 467 g/mol. The summed E-state index contributed by atoms with van der Waals surface area (Å²) in [6, 6.07) is 2.67. The van der Waals surface area contributed by atoms with Gasteiger partial charge in [0.25, 0.3) is 0 Å². The maximum Gasteiger partial charge on any atom is 0.400 e. The van der Waals surface area contributed by atoms with Gasteiger partial charge in [0.15, 0.2) is 0 Å². The van der Waals surface area contributed by atoms with Crippen LogP contribution in [0.5, 0.6) is 5.75 Å². The standard InChI is InChI=1S/C16H17BrF2NO5PS/c1-2-7-3-9(7)6-25-11-5-8(15(20)21)4-10-12(17)14(27-13(10)11)16(18,19)26(22,23)24/h4-5,7,9H,2-3,6H2,1H3,(H2,20,21)(H2,22,23,24)/t7-,9+/m1/s1. The number of halogens is 3. The van der Waals surface area contributed by atoms with Crippen molar-refractivity contribution in [1.29, 1.82) is 0 Å². The predicted molar refractivity (Wildman–Crippen MR) is 101 cm³/mol. The molecular formula is C16H17BrF2NO5PS. The van der Waals surface area contributed by atoms with E-state index in [0.29, 0.717) is 29.8 Å². The molecule has 11 heteroatoms. The Labute approximate surface area is 166 Å². The van der Waals surface area contributed by atoms with Gasteiger partial charge in [-0.3, -0.25) is 9.36 Å². The van der Waals surface area contributed by atoms with E-state index >= 15 is 0 Å². The molecule has 27 heavy (non-hydrogen) atoms. The van der Waals surface area contributed by atoms with Crippen molar-refractivity contribution >= 4 is 50.9 Å². The number of amides is 1. The van der Waals surface area contributed by atoms with Crippen LogP contribution in [0.25, 0.3) is 10.1 Å². The first-order valence-corrected chi connectivity index (χ1v) is 11.3. The number of hydrogen-bond donors (Lipinski definition) is 3. The summed E-state index contributed by atoms with van der Waals surface area (Å²) in [6.07, 6.45) is 2.04. The highest BCUT2D eigenvalue weighted by molar-refractivity contribution is 9.10. The zero-order chi connectivity index (χ0) is 20.1. The van der Waals surface area contributed by atoms with Gasteiger partial charge in [0.05, 0.1) is 11.3 Å². The summed E-state index contributed by atoms with van der Waals surface area (Å²) in [7, 11) is -5.74. The van der Waals surface area contributed by atoms with Gasteiger partial charge in [0.2, 0.25) is 5.91 Å². The fourth-order valence-corrected chi connectivity index (χ4v) is 5.90. The van der Waals surface area contributed by atoms with Crippen molar-refractivity contribution in [3.05, 3.63) is 27.0 Å². The van der Waals surface area contributed by atoms with Crippen LogP contribution in [0, 0.1) is 11.8 Å². The molecule has 4 N–H and O–H groups in total. The van der Waals surface area contributed by atoms with Gasteiger partial charge in [-0.05, 0) is 46.3 Å². The number of fused-ring (bicyclic) bond motifs is 1. The third-order valence-electron chi connectivity index (χ3n) is 4.66. The molecule has 1 fully saturated rings. The molecule has 1 heterocycles. The Balaban J connectivity index is 2.09. The Hall–Kier alpha value is -1.06. The number of primary amides is 1. The summed E-state index contributed by atoms with van der Waals surface area (Å²) in [6.45, 7) is 2.44. The van der Waals surface area contributed by atoms with Crippen LogP contribution in [0.3, 0.4) is 0 Å². The summed E-state index contributed by atoms with van der Waals surface area (Å²) < 4.78 is 45.6. The molecule has 2 atom stereocenters. The van der Waals surface area contributed by atoms with Crippen LogP contribution >= 0.6 is 34.9 Å². The molecule has 0 bridgehead atoms. The van der Waals surface area contributed by atoms with Crippen LogP contribution in [-0.2, 0) is 10.2 Å². The predicted octanol–water partition coefficient (Wildman–Crippen LogP) is 4.41. The molecule has 0 aliphatic heterocycles. The SMILES string of the molecule is CC[C@@H]1C[C@H]1COc1cc(C(N)=O)cc2c(Br)c(C(F)(F)P(=O)(O)O)sc12. The normalized spacial score (nSPS) is 20.1. The monoisotopic (exact) mass is 483 g/mol. The molecule has 2 aromatic rings. The minimum Gasteiger partial charge on any atom is -0.492 e. The Kier molecular flexibility index (Phi) is 5.42. The highest BCUT2D eigenvalue weighted by atomic mass is 79.9. The van der Waals surface area contributed by atoms with E-state index in [9.17, 15) is 18.1 Å². The molecule has 0 saturated heterocycles. The summed E-state index contributed by atoms with van der Waals surface area (Å²) in [5, 5.41) is 0.192. The van der Waals surface area contributed by atoms with Gasteiger partial charge in [0.1, 0.15) is 10.6 Å². The van der Waals surface area contributed by atoms with Crippen LogP contribution in [0.4, 0.5) is 8.78 Å². The zero-order valence-corrected chi connectivity index (χ0v) is 17.4. The minimum atomic E-state index is -5.74. The number of hydrogen-bond acceptors (Lipinski definition) is 4. The molecule has 0 unspecified atom stereocenters. The molecule has 148 valence electrons. The van der Waals surface area contributed by atoms with Crippen molar-refractivity contribution in [3.8, 4) is 5.75 Å². The third-order valence-corrected chi connectivity index (χ3v) is 8.15. The molecule has 1 aromatic carbocycles. The van der Waals surface area contributed by atoms with Gasteiger partial charge in [-0.2, -0.15) is 8.78 Å². The van der Waals surface area contributed by atoms with Crippen molar-refractivity contribution in [2.45, 2.75) is 25.4 Å². The van der Waals surface area contributed by atoms with E-state index in [0.717, 1.165) is 12.8 Å². The lowest BCUT2D eigenvalue weighted by atomic mass is 10.1. The van der Waals surface area contributed by atoms with Crippen molar-refractivity contribution in [2.75, 3.05) is 6.61 Å². The lowest BCUT2D eigenvalue weighted by molar-refractivity contribution is 0.0595. The van der Waals surface area contributed by atoms with E-state index in [-0.39, 0.29) is 25.9 Å². The van der Waals surface area contributed by atoms with E-state index in [2.05, 4.69) is 22.9 Å². The van der Waals surface area contributed by atoms with Gasteiger partial charge in [0, 0.05) is 15.4 Å². The quantitative estimate of drug-likeness (QED) is 0.505. The third kappa shape index (κ3) is 3.78. The van der Waals surface area contributed by atoms with Gasteiger partial charge in [-0.1, -0.05) is 13.3 Å². The number of rotatable bonds is 7. The molecule has 0 spiro atoms. The Morgan fingerprint density at radius 2 is 2.11 bits per heavy atom. The second-order valence-electron chi connectivity index (χ2n) is 6.52. The molecule has 1 amide bonds. The second-order valence-corrected chi connectivity index (χ2v) is 9.98. The van der Waals surface area contributed by atoms with Gasteiger partial charge in [-0.25, -0.2) is 0 Å². The van der Waals surface area contributed by atoms with Gasteiger partial charge >= 0.3 is 13.3 Å². The maximum absolute atomic E-state index is 14.3. The first-order valence-electron chi connectivity index (χ1n) is 8.10. The lowest BCUT2D eigenvalue weighted by Crippen LogP contribution is -2.12.